The molecule has 6 nitrogen and oxygen atoms in total. The molecule has 0 aliphatic heterocycles. The van der Waals surface area contributed by atoms with E-state index in [4.69, 9.17) is 13.6 Å². The van der Waals surface area contributed by atoms with Crippen LogP contribution in [0, 0.1) is 0 Å². The summed E-state index contributed by atoms with van der Waals surface area (Å²) in [5.74, 6) is 2.33. The van der Waals surface area contributed by atoms with Gasteiger partial charge in [0.05, 0.1) is 38.7 Å². The summed E-state index contributed by atoms with van der Waals surface area (Å²) in [7, 11) is 0. The molecular weight excluding hydrogens is 332 g/mol. The van der Waals surface area contributed by atoms with Gasteiger partial charge in [0.15, 0.2) is 0 Å². The highest BCUT2D eigenvalue weighted by atomic mass is 16.5. The molecular formula is C20H22N2O4. The first-order valence-corrected chi connectivity index (χ1v) is 8.51. The van der Waals surface area contributed by atoms with Crippen LogP contribution in [-0.4, -0.2) is 30.5 Å². The minimum atomic E-state index is -0.0697. The number of rotatable bonds is 10. The van der Waals surface area contributed by atoms with Crippen molar-refractivity contribution in [3.8, 4) is 5.75 Å². The Hall–Kier alpha value is -2.99. The van der Waals surface area contributed by atoms with Gasteiger partial charge in [-0.05, 0) is 36.4 Å². The van der Waals surface area contributed by atoms with Gasteiger partial charge in [-0.25, -0.2) is 0 Å². The minimum Gasteiger partial charge on any atom is -0.492 e. The first kappa shape index (κ1) is 17.8. The highest BCUT2D eigenvalue weighted by molar-refractivity contribution is 5.77. The van der Waals surface area contributed by atoms with Gasteiger partial charge >= 0.3 is 0 Å². The molecule has 2 heterocycles. The highest BCUT2D eigenvalue weighted by Crippen LogP contribution is 2.11. The minimum absolute atomic E-state index is 0.0697. The monoisotopic (exact) mass is 354 g/mol. The van der Waals surface area contributed by atoms with Crippen LogP contribution in [0.2, 0.25) is 0 Å². The number of carbonyl (C=O) groups is 1. The summed E-state index contributed by atoms with van der Waals surface area (Å²) >= 11 is 0. The molecule has 26 heavy (non-hydrogen) atoms. The molecule has 0 saturated heterocycles. The lowest BCUT2D eigenvalue weighted by Crippen LogP contribution is -2.38. The number of benzene rings is 1. The van der Waals surface area contributed by atoms with Crippen molar-refractivity contribution in [1.82, 2.24) is 10.2 Å². The summed E-state index contributed by atoms with van der Waals surface area (Å²) in [5, 5.41) is 2.88. The molecule has 0 fully saturated rings. The molecule has 3 rings (SSSR count). The lowest BCUT2D eigenvalue weighted by Gasteiger charge is -2.19. The number of ether oxygens (including phenoxy) is 1. The van der Waals surface area contributed by atoms with Crippen LogP contribution in [0.5, 0.6) is 5.75 Å². The maximum atomic E-state index is 12.3. The van der Waals surface area contributed by atoms with E-state index in [0.29, 0.717) is 26.2 Å². The van der Waals surface area contributed by atoms with E-state index >= 15 is 0 Å². The Morgan fingerprint density at radius 1 is 0.923 bits per heavy atom. The summed E-state index contributed by atoms with van der Waals surface area (Å²) < 4.78 is 16.4. The Labute approximate surface area is 152 Å². The largest absolute Gasteiger partial charge is 0.492 e. The molecule has 6 heteroatoms. The van der Waals surface area contributed by atoms with Gasteiger partial charge in [0, 0.05) is 0 Å². The van der Waals surface area contributed by atoms with Crippen molar-refractivity contribution >= 4 is 5.91 Å². The fraction of sp³-hybridized carbons (Fsp3) is 0.250. The van der Waals surface area contributed by atoms with Crippen LogP contribution in [0.3, 0.4) is 0 Å². The van der Waals surface area contributed by atoms with E-state index < -0.39 is 0 Å². The Morgan fingerprint density at radius 3 is 2.15 bits per heavy atom. The Bertz CT molecular complexity index is 718. The van der Waals surface area contributed by atoms with E-state index in [1.807, 2.05) is 59.5 Å². The molecule has 0 atom stereocenters. The quantitative estimate of drug-likeness (QED) is 0.567. The predicted molar refractivity (Wildman–Crippen MR) is 96.5 cm³/mol. The van der Waals surface area contributed by atoms with Crippen LogP contribution in [-0.2, 0) is 17.9 Å². The number of nitrogens with zero attached hydrogens (tertiary/aromatic N) is 1. The fourth-order valence-electron chi connectivity index (χ4n) is 2.55. The van der Waals surface area contributed by atoms with Crippen LogP contribution in [0.4, 0.5) is 0 Å². The van der Waals surface area contributed by atoms with E-state index in [2.05, 4.69) is 5.32 Å². The van der Waals surface area contributed by atoms with Crippen molar-refractivity contribution in [1.29, 1.82) is 0 Å². The molecule has 1 aromatic carbocycles. The summed E-state index contributed by atoms with van der Waals surface area (Å²) in [6.07, 6.45) is 3.25. The van der Waals surface area contributed by atoms with Gasteiger partial charge in [0.2, 0.25) is 5.91 Å². The standard InChI is InChI=1S/C20H22N2O4/c23-20(21-10-13-26-17-6-2-1-3-7-17)16-22(14-18-8-4-11-24-18)15-19-9-5-12-25-19/h1-9,11-12H,10,13-16H2,(H,21,23). The molecule has 0 spiro atoms. The highest BCUT2D eigenvalue weighted by Gasteiger charge is 2.14. The second-order valence-corrected chi connectivity index (χ2v) is 5.82. The third-order valence-corrected chi connectivity index (χ3v) is 3.72. The number of nitrogens with one attached hydrogen (secondary N) is 1. The van der Waals surface area contributed by atoms with E-state index in [-0.39, 0.29) is 12.5 Å². The fourth-order valence-corrected chi connectivity index (χ4v) is 2.55. The first-order chi connectivity index (χ1) is 12.8. The average molecular weight is 354 g/mol. The smallest absolute Gasteiger partial charge is 0.234 e. The normalized spacial score (nSPS) is 10.8. The van der Waals surface area contributed by atoms with Gasteiger partial charge in [-0.1, -0.05) is 18.2 Å². The van der Waals surface area contributed by atoms with Crippen LogP contribution in [0.15, 0.2) is 76.0 Å². The molecule has 0 saturated carbocycles. The lowest BCUT2D eigenvalue weighted by atomic mass is 10.3. The van der Waals surface area contributed by atoms with E-state index in [1.54, 1.807) is 12.5 Å². The first-order valence-electron chi connectivity index (χ1n) is 8.51. The van der Waals surface area contributed by atoms with Crippen molar-refractivity contribution < 1.29 is 18.4 Å². The van der Waals surface area contributed by atoms with Crippen molar-refractivity contribution in [2.45, 2.75) is 13.1 Å². The zero-order chi connectivity index (χ0) is 18.0. The van der Waals surface area contributed by atoms with Gasteiger partial charge < -0.3 is 18.9 Å². The molecule has 136 valence electrons. The number of para-hydroxylation sites is 1. The third-order valence-electron chi connectivity index (χ3n) is 3.72. The Morgan fingerprint density at radius 2 is 1.58 bits per heavy atom. The van der Waals surface area contributed by atoms with E-state index in [9.17, 15) is 4.79 Å². The topological polar surface area (TPSA) is 67.9 Å². The van der Waals surface area contributed by atoms with Crippen LogP contribution in [0.25, 0.3) is 0 Å². The van der Waals surface area contributed by atoms with Gasteiger partial charge in [0.25, 0.3) is 0 Å². The van der Waals surface area contributed by atoms with Crippen molar-refractivity contribution in [2.24, 2.45) is 0 Å². The molecule has 0 aliphatic rings. The molecule has 0 bridgehead atoms. The van der Waals surface area contributed by atoms with Gasteiger partial charge in [-0.3, -0.25) is 9.69 Å². The predicted octanol–water partition coefficient (Wildman–Crippen LogP) is 3.07. The molecule has 1 N–H and O–H groups in total. The molecule has 0 radical (unpaired) electrons. The van der Waals surface area contributed by atoms with E-state index in [1.165, 1.54) is 0 Å². The maximum Gasteiger partial charge on any atom is 0.234 e. The SMILES string of the molecule is O=C(CN(Cc1ccco1)Cc1ccco1)NCCOc1ccccc1. The molecule has 1 amide bonds. The van der Waals surface area contributed by atoms with Crippen LogP contribution >= 0.6 is 0 Å². The van der Waals surface area contributed by atoms with E-state index in [0.717, 1.165) is 17.3 Å². The summed E-state index contributed by atoms with van der Waals surface area (Å²) in [6.45, 7) is 2.17. The number of hydrogen-bond acceptors (Lipinski definition) is 5. The van der Waals surface area contributed by atoms with Gasteiger partial charge in [-0.2, -0.15) is 0 Å². The summed E-state index contributed by atoms with van der Waals surface area (Å²) in [5.41, 5.74) is 0. The summed E-state index contributed by atoms with van der Waals surface area (Å²) in [4.78, 5) is 14.2. The second-order valence-electron chi connectivity index (χ2n) is 5.82. The number of carbonyl (C=O) groups excluding carboxylic acids is 1. The zero-order valence-corrected chi connectivity index (χ0v) is 14.5. The van der Waals surface area contributed by atoms with Gasteiger partial charge in [-0.15, -0.1) is 0 Å². The zero-order valence-electron chi connectivity index (χ0n) is 14.5. The van der Waals surface area contributed by atoms with Crippen molar-refractivity contribution in [3.05, 3.63) is 78.6 Å². The number of furan rings is 2. The van der Waals surface area contributed by atoms with Crippen LogP contribution < -0.4 is 10.1 Å². The van der Waals surface area contributed by atoms with Gasteiger partial charge in [0.1, 0.15) is 23.9 Å². The third kappa shape index (κ3) is 5.82. The lowest BCUT2D eigenvalue weighted by molar-refractivity contribution is -0.122. The average Bonchev–Trinajstić information content (AvgIpc) is 3.34. The Kier molecular flexibility index (Phi) is 6.50. The summed E-state index contributed by atoms with van der Waals surface area (Å²) in [6, 6.07) is 17.0. The van der Waals surface area contributed by atoms with Crippen molar-refractivity contribution in [3.63, 3.8) is 0 Å². The molecule has 2 aromatic heterocycles. The molecule has 0 unspecified atom stereocenters. The second kappa shape index (κ2) is 9.48. The molecule has 3 aromatic rings. The Balaban J connectivity index is 1.45. The number of hydrogen-bond donors (Lipinski definition) is 1. The number of amides is 1. The van der Waals surface area contributed by atoms with Crippen LogP contribution in [0.1, 0.15) is 11.5 Å². The molecule has 0 aliphatic carbocycles. The van der Waals surface area contributed by atoms with Crippen molar-refractivity contribution in [2.75, 3.05) is 19.7 Å². The maximum absolute atomic E-state index is 12.3.